The third kappa shape index (κ3) is 4.42. The number of hydrogen-bond acceptors (Lipinski definition) is 6. The highest BCUT2D eigenvalue weighted by atomic mass is 35.5. The van der Waals surface area contributed by atoms with Crippen LogP contribution in [0.5, 0.6) is 0 Å². The fourth-order valence-electron chi connectivity index (χ4n) is 3.98. The summed E-state index contributed by atoms with van der Waals surface area (Å²) < 4.78 is 0.452. The summed E-state index contributed by atoms with van der Waals surface area (Å²) in [5, 5.41) is 2.51. The molecular formula is C24H22ClN5O2S. The van der Waals surface area contributed by atoms with Crippen molar-refractivity contribution in [3.05, 3.63) is 80.0 Å². The lowest BCUT2D eigenvalue weighted by Crippen LogP contribution is -2.48. The average molecular weight is 480 g/mol. The fraction of sp³-hybridized carbons (Fsp3) is 0.250. The number of pyridine rings is 1. The van der Waals surface area contributed by atoms with Crippen LogP contribution in [0.2, 0.25) is 5.02 Å². The van der Waals surface area contributed by atoms with E-state index in [4.69, 9.17) is 11.6 Å². The molecular weight excluding hydrogens is 458 g/mol. The topological polar surface area (TPSA) is 82.2 Å². The number of piperazine rings is 1. The number of aromatic amines is 1. The molecule has 3 aromatic heterocycles. The number of nitrogens with one attached hydrogen (secondary N) is 1. The van der Waals surface area contributed by atoms with Crippen molar-refractivity contribution >= 4 is 39.1 Å². The van der Waals surface area contributed by atoms with E-state index >= 15 is 0 Å². The second kappa shape index (κ2) is 9.05. The number of carbonyl (C=O) groups excluding carboxylic acids is 1. The largest absolute Gasteiger partial charge is 0.336 e. The predicted molar refractivity (Wildman–Crippen MR) is 131 cm³/mol. The van der Waals surface area contributed by atoms with Crippen molar-refractivity contribution in [3.8, 4) is 11.5 Å². The van der Waals surface area contributed by atoms with Crippen LogP contribution in [-0.2, 0) is 6.54 Å². The van der Waals surface area contributed by atoms with E-state index in [1.807, 2.05) is 30.0 Å². The van der Waals surface area contributed by atoms with Gasteiger partial charge in [-0.3, -0.25) is 19.5 Å². The lowest BCUT2D eigenvalue weighted by atomic mass is 10.1. The summed E-state index contributed by atoms with van der Waals surface area (Å²) in [6.07, 6.45) is 1.64. The normalized spacial score (nSPS) is 14.7. The molecule has 0 bridgehead atoms. The molecule has 0 saturated carbocycles. The zero-order chi connectivity index (χ0) is 22.9. The highest BCUT2D eigenvalue weighted by molar-refractivity contribution is 7.17. The van der Waals surface area contributed by atoms with Crippen molar-refractivity contribution in [1.29, 1.82) is 0 Å². The molecule has 1 aliphatic rings. The van der Waals surface area contributed by atoms with E-state index < -0.39 is 0 Å². The molecule has 1 aromatic carbocycles. The molecule has 9 heteroatoms. The molecule has 168 valence electrons. The minimum absolute atomic E-state index is 0.0932. The first kappa shape index (κ1) is 21.8. The Morgan fingerprint density at radius 2 is 2.00 bits per heavy atom. The van der Waals surface area contributed by atoms with Gasteiger partial charge in [-0.25, -0.2) is 4.98 Å². The van der Waals surface area contributed by atoms with Gasteiger partial charge in [0.25, 0.3) is 11.5 Å². The van der Waals surface area contributed by atoms with Crippen LogP contribution >= 0.6 is 22.9 Å². The molecule has 0 aliphatic carbocycles. The minimum atomic E-state index is -0.258. The minimum Gasteiger partial charge on any atom is -0.336 e. The Morgan fingerprint density at radius 3 is 2.73 bits per heavy atom. The lowest BCUT2D eigenvalue weighted by molar-refractivity contribution is 0.0630. The second-order valence-electron chi connectivity index (χ2n) is 8.11. The molecule has 0 radical (unpaired) electrons. The van der Waals surface area contributed by atoms with Gasteiger partial charge >= 0.3 is 0 Å². The number of H-pyrrole nitrogens is 1. The maximum Gasteiger partial charge on any atom is 0.269 e. The first-order valence-electron chi connectivity index (χ1n) is 10.7. The average Bonchev–Trinajstić information content (AvgIpc) is 3.27. The van der Waals surface area contributed by atoms with E-state index in [0.717, 1.165) is 30.2 Å². The number of amides is 1. The summed E-state index contributed by atoms with van der Waals surface area (Å²) in [5.74, 6) is 0.270. The Morgan fingerprint density at radius 1 is 1.18 bits per heavy atom. The Kier molecular flexibility index (Phi) is 5.97. The SMILES string of the molecule is Cc1ccc(CN2CCN(C(=O)c3csc4c(=O)[nH]c(-c5ccccn5)nc34)CC2)cc1Cl. The summed E-state index contributed by atoms with van der Waals surface area (Å²) in [5.41, 5.74) is 3.44. The Bertz CT molecular complexity index is 1380. The third-order valence-electron chi connectivity index (χ3n) is 5.87. The van der Waals surface area contributed by atoms with E-state index in [1.54, 1.807) is 23.7 Å². The van der Waals surface area contributed by atoms with Crippen LogP contribution < -0.4 is 5.56 Å². The standard InChI is InChI=1S/C24H22ClN5O2S/c1-15-5-6-16(12-18(15)25)13-29-8-10-30(11-9-29)24(32)17-14-33-21-20(17)27-22(28-23(21)31)19-4-2-3-7-26-19/h2-7,12,14H,8-11,13H2,1H3,(H,27,28,31). The van der Waals surface area contributed by atoms with Gasteiger partial charge in [-0.05, 0) is 36.2 Å². The van der Waals surface area contributed by atoms with Crippen molar-refractivity contribution < 1.29 is 4.79 Å². The van der Waals surface area contributed by atoms with Gasteiger partial charge in [0.15, 0.2) is 5.82 Å². The van der Waals surface area contributed by atoms with Gasteiger partial charge in [-0.1, -0.05) is 29.8 Å². The Balaban J connectivity index is 1.33. The van der Waals surface area contributed by atoms with Crippen LogP contribution in [0.15, 0.2) is 52.8 Å². The van der Waals surface area contributed by atoms with E-state index in [1.165, 1.54) is 16.9 Å². The molecule has 33 heavy (non-hydrogen) atoms. The molecule has 4 heterocycles. The van der Waals surface area contributed by atoms with Gasteiger partial charge in [-0.2, -0.15) is 0 Å². The zero-order valence-corrected chi connectivity index (χ0v) is 19.6. The summed E-state index contributed by atoms with van der Waals surface area (Å²) in [6, 6.07) is 11.5. The Hall–Kier alpha value is -3.07. The van der Waals surface area contributed by atoms with Crippen LogP contribution in [0.25, 0.3) is 21.7 Å². The van der Waals surface area contributed by atoms with Crippen LogP contribution in [0.3, 0.4) is 0 Å². The fourth-order valence-corrected chi connectivity index (χ4v) is 5.05. The Labute approximate surface area is 199 Å². The molecule has 0 spiro atoms. The number of carbonyl (C=O) groups is 1. The van der Waals surface area contributed by atoms with Crippen molar-refractivity contribution in [1.82, 2.24) is 24.8 Å². The monoisotopic (exact) mass is 479 g/mol. The number of hydrogen-bond donors (Lipinski definition) is 1. The van der Waals surface area contributed by atoms with Crippen LogP contribution in [-0.4, -0.2) is 56.8 Å². The van der Waals surface area contributed by atoms with E-state index in [0.29, 0.717) is 40.4 Å². The molecule has 1 fully saturated rings. The summed E-state index contributed by atoms with van der Waals surface area (Å²) in [7, 11) is 0. The van der Waals surface area contributed by atoms with E-state index in [-0.39, 0.29) is 11.5 Å². The number of aryl methyl sites for hydroxylation is 1. The summed E-state index contributed by atoms with van der Waals surface area (Å²) >= 11 is 7.50. The molecule has 1 N–H and O–H groups in total. The number of thiophene rings is 1. The molecule has 7 nitrogen and oxygen atoms in total. The van der Waals surface area contributed by atoms with Gasteiger partial charge < -0.3 is 9.88 Å². The third-order valence-corrected chi connectivity index (χ3v) is 7.24. The number of benzene rings is 1. The lowest BCUT2D eigenvalue weighted by Gasteiger charge is -2.34. The summed E-state index contributed by atoms with van der Waals surface area (Å²) in [6.45, 7) is 5.57. The van der Waals surface area contributed by atoms with Crippen LogP contribution in [0, 0.1) is 6.92 Å². The van der Waals surface area contributed by atoms with Gasteiger partial charge in [0.05, 0.1) is 5.56 Å². The molecule has 0 atom stereocenters. The maximum atomic E-state index is 13.3. The van der Waals surface area contributed by atoms with Crippen molar-refractivity contribution in [3.63, 3.8) is 0 Å². The van der Waals surface area contributed by atoms with Gasteiger partial charge in [0.1, 0.15) is 15.9 Å². The highest BCUT2D eigenvalue weighted by Gasteiger charge is 2.26. The van der Waals surface area contributed by atoms with Crippen LogP contribution in [0.1, 0.15) is 21.5 Å². The van der Waals surface area contributed by atoms with Gasteiger partial charge in [0, 0.05) is 49.3 Å². The smallest absolute Gasteiger partial charge is 0.269 e. The molecule has 1 aliphatic heterocycles. The molecule has 4 aromatic rings. The molecule has 5 rings (SSSR count). The summed E-state index contributed by atoms with van der Waals surface area (Å²) in [4.78, 5) is 41.7. The van der Waals surface area contributed by atoms with Gasteiger partial charge in [0.2, 0.25) is 0 Å². The van der Waals surface area contributed by atoms with E-state index in [2.05, 4.69) is 25.9 Å². The number of fused-ring (bicyclic) bond motifs is 1. The maximum absolute atomic E-state index is 13.3. The number of halogens is 1. The van der Waals surface area contributed by atoms with Crippen LogP contribution in [0.4, 0.5) is 0 Å². The van der Waals surface area contributed by atoms with Gasteiger partial charge in [-0.15, -0.1) is 11.3 Å². The molecule has 0 unspecified atom stereocenters. The van der Waals surface area contributed by atoms with Crippen molar-refractivity contribution in [2.75, 3.05) is 26.2 Å². The highest BCUT2D eigenvalue weighted by Crippen LogP contribution is 2.25. The number of aromatic nitrogens is 3. The number of nitrogens with zero attached hydrogens (tertiary/aromatic N) is 4. The van der Waals surface area contributed by atoms with E-state index in [9.17, 15) is 9.59 Å². The zero-order valence-electron chi connectivity index (χ0n) is 18.0. The number of rotatable bonds is 4. The quantitative estimate of drug-likeness (QED) is 0.479. The first-order valence-corrected chi connectivity index (χ1v) is 11.9. The molecule has 1 amide bonds. The van der Waals surface area contributed by atoms with Crippen molar-refractivity contribution in [2.45, 2.75) is 13.5 Å². The predicted octanol–water partition coefficient (Wildman–Crippen LogP) is 3.97. The van der Waals surface area contributed by atoms with Crippen molar-refractivity contribution in [2.24, 2.45) is 0 Å². The second-order valence-corrected chi connectivity index (χ2v) is 9.40. The molecule has 1 saturated heterocycles. The first-order chi connectivity index (χ1) is 16.0.